The number of hydrogen-bond donors (Lipinski definition) is 3. The molecule has 0 atom stereocenters. The SMILES string of the molecule is COc1ccc2cc3c4cc(O)c(O)cc4cc[n+]3cc2c1O. The number of phenolic OH excluding ortho intramolecular Hbond substituents is 3. The van der Waals surface area contributed by atoms with Gasteiger partial charge in [0, 0.05) is 12.1 Å². The van der Waals surface area contributed by atoms with Gasteiger partial charge in [-0.3, -0.25) is 0 Å². The van der Waals surface area contributed by atoms with Crippen LogP contribution >= 0.6 is 0 Å². The van der Waals surface area contributed by atoms with E-state index in [4.69, 9.17) is 4.74 Å². The molecule has 0 aliphatic rings. The summed E-state index contributed by atoms with van der Waals surface area (Å²) in [4.78, 5) is 0. The average molecular weight is 308 g/mol. The van der Waals surface area contributed by atoms with E-state index in [9.17, 15) is 15.3 Å². The van der Waals surface area contributed by atoms with Crippen molar-refractivity contribution in [2.45, 2.75) is 0 Å². The molecule has 4 aromatic rings. The standard InChI is InChI=1S/C18H13NO4/c1-23-17-3-2-10-6-14-12-8-16(21)15(20)7-11(12)4-5-19(14)9-13(10)18(17)22/h2-9H,1H3,(H2,20,21,22)/p+1. The number of methoxy groups -OCH3 is 1. The Morgan fingerprint density at radius 3 is 2.39 bits per heavy atom. The maximum Gasteiger partial charge on any atom is 0.219 e. The van der Waals surface area contributed by atoms with Crippen LogP contribution in [0.1, 0.15) is 0 Å². The molecule has 0 spiro atoms. The van der Waals surface area contributed by atoms with Crippen molar-refractivity contribution in [1.82, 2.24) is 0 Å². The van der Waals surface area contributed by atoms with Crippen LogP contribution < -0.4 is 9.14 Å². The minimum atomic E-state index is -0.164. The van der Waals surface area contributed by atoms with Crippen molar-refractivity contribution in [2.24, 2.45) is 0 Å². The first-order chi connectivity index (χ1) is 11.1. The lowest BCUT2D eigenvalue weighted by molar-refractivity contribution is -0.509. The summed E-state index contributed by atoms with van der Waals surface area (Å²) in [5.74, 6) is 0.196. The van der Waals surface area contributed by atoms with Crippen molar-refractivity contribution in [3.05, 3.63) is 48.8 Å². The second-order valence-corrected chi connectivity index (χ2v) is 5.43. The number of pyridine rings is 2. The molecule has 4 rings (SSSR count). The van der Waals surface area contributed by atoms with Gasteiger partial charge in [0.2, 0.25) is 5.52 Å². The maximum absolute atomic E-state index is 10.3. The van der Waals surface area contributed by atoms with Crippen LogP contribution in [0.3, 0.4) is 0 Å². The van der Waals surface area contributed by atoms with Gasteiger partial charge in [-0.25, -0.2) is 0 Å². The molecule has 0 bridgehead atoms. The van der Waals surface area contributed by atoms with E-state index in [1.165, 1.54) is 19.2 Å². The minimum Gasteiger partial charge on any atom is -0.504 e. The first-order valence-corrected chi connectivity index (χ1v) is 7.08. The van der Waals surface area contributed by atoms with Crippen molar-refractivity contribution in [2.75, 3.05) is 7.11 Å². The molecule has 0 saturated carbocycles. The van der Waals surface area contributed by atoms with E-state index in [2.05, 4.69) is 0 Å². The summed E-state index contributed by atoms with van der Waals surface area (Å²) in [5.41, 5.74) is 0.856. The lowest BCUT2D eigenvalue weighted by Crippen LogP contribution is -2.20. The molecule has 2 aromatic carbocycles. The summed E-state index contributed by atoms with van der Waals surface area (Å²) in [6.07, 6.45) is 3.65. The third-order valence-electron chi connectivity index (χ3n) is 4.11. The first kappa shape index (κ1) is 13.5. The van der Waals surface area contributed by atoms with Gasteiger partial charge in [-0.1, -0.05) is 0 Å². The summed E-state index contributed by atoms with van der Waals surface area (Å²) >= 11 is 0. The Labute approximate surface area is 131 Å². The lowest BCUT2D eigenvalue weighted by Gasteiger charge is -2.07. The zero-order valence-corrected chi connectivity index (χ0v) is 12.3. The molecule has 23 heavy (non-hydrogen) atoms. The average Bonchev–Trinajstić information content (AvgIpc) is 2.55. The van der Waals surface area contributed by atoms with E-state index in [1.807, 2.05) is 35.0 Å². The number of nitrogens with zero attached hydrogens (tertiary/aromatic N) is 1. The van der Waals surface area contributed by atoms with Crippen LogP contribution in [-0.4, -0.2) is 22.4 Å². The molecule has 0 aliphatic carbocycles. The van der Waals surface area contributed by atoms with Crippen molar-refractivity contribution >= 4 is 27.1 Å². The quantitative estimate of drug-likeness (QED) is 0.219. The number of fused-ring (bicyclic) bond motifs is 4. The van der Waals surface area contributed by atoms with Crippen molar-refractivity contribution < 1.29 is 24.5 Å². The van der Waals surface area contributed by atoms with Gasteiger partial charge in [-0.05, 0) is 35.0 Å². The van der Waals surface area contributed by atoms with E-state index in [0.717, 1.165) is 21.7 Å². The van der Waals surface area contributed by atoms with Gasteiger partial charge in [0.15, 0.2) is 35.4 Å². The number of aromatic nitrogens is 1. The van der Waals surface area contributed by atoms with E-state index < -0.39 is 0 Å². The molecule has 0 amide bonds. The van der Waals surface area contributed by atoms with Crippen LogP contribution in [0.2, 0.25) is 0 Å². The van der Waals surface area contributed by atoms with Gasteiger partial charge < -0.3 is 20.1 Å². The van der Waals surface area contributed by atoms with Crippen LogP contribution in [0, 0.1) is 0 Å². The molecule has 2 heterocycles. The highest BCUT2D eigenvalue weighted by Gasteiger charge is 2.16. The van der Waals surface area contributed by atoms with Crippen LogP contribution in [0.4, 0.5) is 0 Å². The predicted octanol–water partition coefficient (Wildman–Crippen LogP) is 2.86. The molecule has 0 fully saturated rings. The zero-order valence-electron chi connectivity index (χ0n) is 12.3. The van der Waals surface area contributed by atoms with Crippen LogP contribution in [0.25, 0.3) is 27.1 Å². The highest BCUT2D eigenvalue weighted by atomic mass is 16.5. The molecular formula is C18H14NO4+. The van der Waals surface area contributed by atoms with Crippen LogP contribution in [0.5, 0.6) is 23.0 Å². The number of aromatic hydroxyl groups is 3. The molecule has 5 nitrogen and oxygen atoms in total. The highest BCUT2D eigenvalue weighted by Crippen LogP contribution is 2.35. The first-order valence-electron chi connectivity index (χ1n) is 7.08. The fraction of sp³-hybridized carbons (Fsp3) is 0.0556. The summed E-state index contributed by atoms with van der Waals surface area (Å²) in [6, 6.07) is 10.4. The minimum absolute atomic E-state index is 0.0908. The molecular weight excluding hydrogens is 294 g/mol. The molecule has 5 heteroatoms. The van der Waals surface area contributed by atoms with Gasteiger partial charge in [-0.15, -0.1) is 0 Å². The van der Waals surface area contributed by atoms with Gasteiger partial charge in [-0.2, -0.15) is 4.40 Å². The van der Waals surface area contributed by atoms with Gasteiger partial charge in [0.05, 0.1) is 17.9 Å². The third kappa shape index (κ3) is 1.90. The molecule has 3 N–H and O–H groups in total. The molecule has 0 radical (unpaired) electrons. The summed E-state index contributed by atoms with van der Waals surface area (Å²) in [6.45, 7) is 0. The monoisotopic (exact) mass is 308 g/mol. The Bertz CT molecular complexity index is 1090. The Hall–Kier alpha value is -3.21. The molecule has 114 valence electrons. The van der Waals surface area contributed by atoms with Crippen molar-refractivity contribution in [3.63, 3.8) is 0 Å². The Morgan fingerprint density at radius 2 is 1.61 bits per heavy atom. The number of hydrogen-bond acceptors (Lipinski definition) is 4. The van der Waals surface area contributed by atoms with Crippen LogP contribution in [0.15, 0.2) is 48.8 Å². The van der Waals surface area contributed by atoms with Crippen LogP contribution in [-0.2, 0) is 0 Å². The highest BCUT2D eigenvalue weighted by molar-refractivity contribution is 6.00. The summed E-state index contributed by atoms with van der Waals surface area (Å²) in [7, 11) is 1.51. The third-order valence-corrected chi connectivity index (χ3v) is 4.11. The number of benzene rings is 2. The number of rotatable bonds is 1. The van der Waals surface area contributed by atoms with E-state index in [0.29, 0.717) is 11.1 Å². The van der Waals surface area contributed by atoms with E-state index in [-0.39, 0.29) is 17.2 Å². The number of ether oxygens (including phenoxy) is 1. The Morgan fingerprint density at radius 1 is 0.870 bits per heavy atom. The fourth-order valence-electron chi connectivity index (χ4n) is 2.91. The topological polar surface area (TPSA) is 74.0 Å². The van der Waals surface area contributed by atoms with E-state index in [1.54, 1.807) is 6.07 Å². The number of phenols is 3. The maximum atomic E-state index is 10.3. The fourth-order valence-corrected chi connectivity index (χ4v) is 2.91. The summed E-state index contributed by atoms with van der Waals surface area (Å²) < 4.78 is 7.01. The Balaban J connectivity index is 2.15. The second-order valence-electron chi connectivity index (χ2n) is 5.43. The second kappa shape index (κ2) is 4.64. The summed E-state index contributed by atoms with van der Waals surface area (Å²) in [5, 5.41) is 32.9. The van der Waals surface area contributed by atoms with Gasteiger partial charge >= 0.3 is 0 Å². The van der Waals surface area contributed by atoms with Gasteiger partial charge in [0.1, 0.15) is 0 Å². The van der Waals surface area contributed by atoms with Crippen molar-refractivity contribution in [1.29, 1.82) is 0 Å². The van der Waals surface area contributed by atoms with Gasteiger partial charge in [0.25, 0.3) is 0 Å². The lowest BCUT2D eigenvalue weighted by atomic mass is 10.1. The Kier molecular flexibility index (Phi) is 2.72. The molecule has 2 aromatic heterocycles. The molecule has 0 aliphatic heterocycles. The molecule has 0 saturated heterocycles. The predicted molar refractivity (Wildman–Crippen MR) is 86.2 cm³/mol. The smallest absolute Gasteiger partial charge is 0.219 e. The zero-order chi connectivity index (χ0) is 16.1. The normalized spacial score (nSPS) is 11.3. The molecule has 0 unspecified atom stereocenters. The van der Waals surface area contributed by atoms with Crippen molar-refractivity contribution in [3.8, 4) is 23.0 Å². The van der Waals surface area contributed by atoms with E-state index >= 15 is 0 Å². The largest absolute Gasteiger partial charge is 0.504 e.